The first-order valence-electron chi connectivity index (χ1n) is 8.95. The van der Waals surface area contributed by atoms with Crippen LogP contribution in [0.1, 0.15) is 0 Å². The molecule has 5 nitrogen and oxygen atoms in total. The third-order valence-corrected chi connectivity index (χ3v) is 4.11. The van der Waals surface area contributed by atoms with E-state index in [4.69, 9.17) is 23.7 Å². The number of hydrogen-bond donors (Lipinski definition) is 0. The third-order valence-electron chi connectivity index (χ3n) is 4.11. The summed E-state index contributed by atoms with van der Waals surface area (Å²) in [5.74, 6) is 0.824. The molecule has 1 aliphatic rings. The van der Waals surface area contributed by atoms with Crippen molar-refractivity contribution in [2.45, 2.75) is 12.2 Å². The highest BCUT2D eigenvalue weighted by atomic mass is 16.6. The van der Waals surface area contributed by atoms with Crippen molar-refractivity contribution < 1.29 is 23.7 Å². The molecule has 0 amide bonds. The fraction of sp³-hybridized carbons (Fsp3) is 0.429. The van der Waals surface area contributed by atoms with Crippen molar-refractivity contribution in [1.82, 2.24) is 0 Å². The van der Waals surface area contributed by atoms with Crippen LogP contribution in [-0.4, -0.2) is 59.0 Å². The first kappa shape index (κ1) is 18.9. The second kappa shape index (κ2) is 10.3. The van der Waals surface area contributed by atoms with E-state index in [1.807, 2.05) is 30.3 Å². The highest BCUT2D eigenvalue weighted by Gasteiger charge is 2.34. The molecule has 0 aliphatic carbocycles. The van der Waals surface area contributed by atoms with E-state index in [0.717, 1.165) is 12.4 Å². The number of hydrogen-bond acceptors (Lipinski definition) is 5. The minimum atomic E-state index is -0.100. The summed E-state index contributed by atoms with van der Waals surface area (Å²) in [5.41, 5.74) is 2.36. The molecule has 140 valence electrons. The molecule has 1 heterocycles. The van der Waals surface area contributed by atoms with Crippen molar-refractivity contribution in [1.29, 1.82) is 0 Å². The van der Waals surface area contributed by atoms with Crippen LogP contribution < -0.4 is 4.74 Å². The molecule has 0 spiro atoms. The van der Waals surface area contributed by atoms with Gasteiger partial charge in [-0.05, 0) is 23.3 Å². The number of rotatable bonds is 12. The molecular weight excluding hydrogens is 332 g/mol. The number of epoxide rings is 1. The molecule has 0 saturated carbocycles. The highest BCUT2D eigenvalue weighted by molar-refractivity contribution is 5.63. The lowest BCUT2D eigenvalue weighted by atomic mass is 10.1. The van der Waals surface area contributed by atoms with E-state index in [-0.39, 0.29) is 12.2 Å². The number of methoxy groups -OCH3 is 1. The Morgan fingerprint density at radius 2 is 1.54 bits per heavy atom. The van der Waals surface area contributed by atoms with Gasteiger partial charge < -0.3 is 23.7 Å². The van der Waals surface area contributed by atoms with Crippen LogP contribution in [-0.2, 0) is 18.9 Å². The summed E-state index contributed by atoms with van der Waals surface area (Å²) in [6.45, 7) is 3.47. The van der Waals surface area contributed by atoms with Gasteiger partial charge in [-0.3, -0.25) is 0 Å². The van der Waals surface area contributed by atoms with Crippen LogP contribution in [0, 0.1) is 0 Å². The van der Waals surface area contributed by atoms with Crippen molar-refractivity contribution in [2.75, 3.05) is 46.8 Å². The quantitative estimate of drug-likeness (QED) is 0.431. The first-order chi connectivity index (χ1) is 12.9. The average molecular weight is 358 g/mol. The molecule has 0 bridgehead atoms. The number of ether oxygens (including phenoxy) is 5. The molecule has 3 rings (SSSR count). The van der Waals surface area contributed by atoms with Gasteiger partial charge in [-0.15, -0.1) is 0 Å². The van der Waals surface area contributed by atoms with E-state index in [0.29, 0.717) is 33.0 Å². The fourth-order valence-corrected chi connectivity index (χ4v) is 2.58. The minimum Gasteiger partial charge on any atom is -0.485 e. The Kier molecular flexibility index (Phi) is 7.46. The molecule has 1 fully saturated rings. The topological polar surface area (TPSA) is 49.5 Å². The van der Waals surface area contributed by atoms with Gasteiger partial charge in [0.15, 0.2) is 6.10 Å². The van der Waals surface area contributed by atoms with Gasteiger partial charge in [0.1, 0.15) is 11.9 Å². The molecule has 2 unspecified atom stereocenters. The summed E-state index contributed by atoms with van der Waals surface area (Å²) in [6.07, 6.45) is 0.00904. The lowest BCUT2D eigenvalue weighted by Gasteiger charge is -2.18. The molecule has 2 aromatic rings. The van der Waals surface area contributed by atoms with Gasteiger partial charge >= 0.3 is 0 Å². The van der Waals surface area contributed by atoms with Gasteiger partial charge in [-0.25, -0.2) is 0 Å². The smallest absolute Gasteiger partial charge is 0.150 e. The van der Waals surface area contributed by atoms with Gasteiger partial charge in [0, 0.05) is 7.11 Å². The van der Waals surface area contributed by atoms with E-state index in [1.54, 1.807) is 7.11 Å². The minimum absolute atomic E-state index is 0.100. The maximum atomic E-state index is 6.06. The lowest BCUT2D eigenvalue weighted by Crippen LogP contribution is -2.29. The zero-order valence-corrected chi connectivity index (χ0v) is 15.1. The lowest BCUT2D eigenvalue weighted by molar-refractivity contribution is -0.00496. The molecule has 2 atom stereocenters. The van der Waals surface area contributed by atoms with Crippen molar-refractivity contribution in [3.63, 3.8) is 0 Å². The summed E-state index contributed by atoms with van der Waals surface area (Å²) in [5, 5.41) is 0. The van der Waals surface area contributed by atoms with E-state index < -0.39 is 0 Å². The Bertz CT molecular complexity index is 625. The zero-order chi connectivity index (χ0) is 18.0. The summed E-state index contributed by atoms with van der Waals surface area (Å²) in [7, 11) is 1.66. The van der Waals surface area contributed by atoms with Gasteiger partial charge in [-0.1, -0.05) is 42.5 Å². The van der Waals surface area contributed by atoms with Crippen LogP contribution in [0.25, 0.3) is 11.1 Å². The van der Waals surface area contributed by atoms with E-state index in [9.17, 15) is 0 Å². The fourth-order valence-electron chi connectivity index (χ4n) is 2.58. The van der Waals surface area contributed by atoms with Gasteiger partial charge in [0.25, 0.3) is 0 Å². The van der Waals surface area contributed by atoms with E-state index >= 15 is 0 Å². The van der Waals surface area contributed by atoms with Gasteiger partial charge in [-0.2, -0.15) is 0 Å². The summed E-state index contributed by atoms with van der Waals surface area (Å²) < 4.78 is 27.4. The van der Waals surface area contributed by atoms with Crippen molar-refractivity contribution in [3.8, 4) is 16.9 Å². The van der Waals surface area contributed by atoms with Gasteiger partial charge in [0.2, 0.25) is 0 Å². The third kappa shape index (κ3) is 6.11. The van der Waals surface area contributed by atoms with Crippen LogP contribution in [0.5, 0.6) is 5.75 Å². The zero-order valence-electron chi connectivity index (χ0n) is 15.1. The Hall–Kier alpha value is -1.92. The van der Waals surface area contributed by atoms with Crippen LogP contribution >= 0.6 is 0 Å². The summed E-state index contributed by atoms with van der Waals surface area (Å²) in [6, 6.07) is 18.4. The molecule has 5 heteroatoms. The summed E-state index contributed by atoms with van der Waals surface area (Å²) >= 11 is 0. The van der Waals surface area contributed by atoms with Crippen LogP contribution in [0.3, 0.4) is 0 Å². The Balaban J connectivity index is 1.44. The molecule has 0 N–H and O–H groups in total. The molecule has 26 heavy (non-hydrogen) atoms. The molecule has 2 aromatic carbocycles. The van der Waals surface area contributed by atoms with E-state index in [1.165, 1.54) is 11.1 Å². The second-order valence-electron chi connectivity index (χ2n) is 6.10. The summed E-state index contributed by atoms with van der Waals surface area (Å²) in [4.78, 5) is 0. The van der Waals surface area contributed by atoms with Crippen LogP contribution in [0.4, 0.5) is 0 Å². The average Bonchev–Trinajstić information content (AvgIpc) is 3.53. The van der Waals surface area contributed by atoms with E-state index in [2.05, 4.69) is 24.3 Å². The van der Waals surface area contributed by atoms with Crippen molar-refractivity contribution in [3.05, 3.63) is 54.6 Å². The Morgan fingerprint density at radius 1 is 0.885 bits per heavy atom. The normalized spacial score (nSPS) is 17.0. The molecule has 0 radical (unpaired) electrons. The Morgan fingerprint density at radius 3 is 2.23 bits per heavy atom. The maximum Gasteiger partial charge on any atom is 0.150 e. The van der Waals surface area contributed by atoms with Crippen molar-refractivity contribution >= 4 is 0 Å². The SMILES string of the molecule is COCCOCCOCC(Oc1ccc(-c2ccccc2)cc1)C1CO1. The highest BCUT2D eigenvalue weighted by Crippen LogP contribution is 2.25. The standard InChI is InChI=1S/C21H26O5/c1-22-11-12-23-13-14-24-15-21(20-16-25-20)26-19-9-7-18(8-10-19)17-5-3-2-4-6-17/h2-10,20-21H,11-16H2,1H3. The van der Waals surface area contributed by atoms with Crippen LogP contribution in [0.15, 0.2) is 54.6 Å². The second-order valence-corrected chi connectivity index (χ2v) is 6.10. The monoisotopic (exact) mass is 358 g/mol. The predicted molar refractivity (Wildman–Crippen MR) is 99.5 cm³/mol. The van der Waals surface area contributed by atoms with Gasteiger partial charge in [0.05, 0.1) is 39.6 Å². The van der Waals surface area contributed by atoms with Crippen LogP contribution in [0.2, 0.25) is 0 Å². The molecular formula is C21H26O5. The number of benzene rings is 2. The molecule has 0 aromatic heterocycles. The largest absolute Gasteiger partial charge is 0.485 e. The molecule has 1 aliphatic heterocycles. The Labute approximate surface area is 154 Å². The van der Waals surface area contributed by atoms with Crippen molar-refractivity contribution in [2.24, 2.45) is 0 Å². The predicted octanol–water partition coefficient (Wildman–Crippen LogP) is 3.18. The first-order valence-corrected chi connectivity index (χ1v) is 8.95. The maximum absolute atomic E-state index is 6.06. The molecule has 1 saturated heterocycles.